The van der Waals surface area contributed by atoms with Crippen LogP contribution in [0.1, 0.15) is 39.5 Å². The van der Waals surface area contributed by atoms with Crippen molar-refractivity contribution >= 4 is 11.8 Å². The van der Waals surface area contributed by atoms with Gasteiger partial charge in [0, 0.05) is 12.6 Å². The van der Waals surface area contributed by atoms with Gasteiger partial charge in [0.1, 0.15) is 6.61 Å². The Hall–Kier alpha value is -2.34. The summed E-state index contributed by atoms with van der Waals surface area (Å²) < 4.78 is 5.94. The highest BCUT2D eigenvalue weighted by Gasteiger charge is 2.14. The van der Waals surface area contributed by atoms with Gasteiger partial charge in [0.05, 0.1) is 6.20 Å². The topological polar surface area (TPSA) is 93.3 Å². The number of hydrogen-bond donors (Lipinski definition) is 3. The summed E-state index contributed by atoms with van der Waals surface area (Å²) >= 11 is 0. The molecule has 0 aliphatic heterocycles. The van der Waals surface area contributed by atoms with E-state index in [1.165, 1.54) is 11.1 Å². The summed E-state index contributed by atoms with van der Waals surface area (Å²) in [6.45, 7) is 4.78. The first-order valence-corrected chi connectivity index (χ1v) is 8.78. The van der Waals surface area contributed by atoms with Crippen LogP contribution in [0, 0.1) is 0 Å². The van der Waals surface area contributed by atoms with Gasteiger partial charge < -0.3 is 20.9 Å². The summed E-state index contributed by atoms with van der Waals surface area (Å²) in [4.78, 5) is 8.32. The van der Waals surface area contributed by atoms with Crippen LogP contribution in [-0.4, -0.2) is 34.3 Å². The maximum Gasteiger partial charge on any atom is 0.222 e. The van der Waals surface area contributed by atoms with Crippen molar-refractivity contribution in [1.82, 2.24) is 9.97 Å². The van der Waals surface area contributed by atoms with Crippen molar-refractivity contribution in [1.29, 1.82) is 0 Å². The van der Waals surface area contributed by atoms with Crippen LogP contribution in [-0.2, 0) is 0 Å². The molecule has 25 heavy (non-hydrogen) atoms. The molecule has 1 aliphatic carbocycles. The molecule has 0 saturated carbocycles. The van der Waals surface area contributed by atoms with Gasteiger partial charge >= 0.3 is 0 Å². The summed E-state index contributed by atoms with van der Waals surface area (Å²) in [5.74, 6) is 1.35. The SMILES string of the molecule is CCCC(CCO)Nc1nc(N)ncc1OCC1=CC=CC(C)=CC1. The molecule has 0 saturated heterocycles. The van der Waals surface area contributed by atoms with E-state index in [-0.39, 0.29) is 18.6 Å². The predicted octanol–water partition coefficient (Wildman–Crippen LogP) is 3.23. The summed E-state index contributed by atoms with van der Waals surface area (Å²) in [5, 5.41) is 12.6. The van der Waals surface area contributed by atoms with Crippen LogP contribution < -0.4 is 15.8 Å². The third kappa shape index (κ3) is 6.23. The number of hydrogen-bond acceptors (Lipinski definition) is 6. The predicted molar refractivity (Wildman–Crippen MR) is 102 cm³/mol. The summed E-state index contributed by atoms with van der Waals surface area (Å²) in [6.07, 6.45) is 13.4. The molecule has 2 rings (SSSR count). The van der Waals surface area contributed by atoms with Crippen LogP contribution in [0.2, 0.25) is 0 Å². The lowest BCUT2D eigenvalue weighted by Crippen LogP contribution is -2.22. The average molecular weight is 344 g/mol. The Kier molecular flexibility index (Phi) is 7.47. The van der Waals surface area contributed by atoms with Crippen LogP contribution >= 0.6 is 0 Å². The van der Waals surface area contributed by atoms with E-state index in [0.29, 0.717) is 24.6 Å². The zero-order valence-electron chi connectivity index (χ0n) is 15.0. The zero-order chi connectivity index (χ0) is 18.1. The number of aromatic nitrogens is 2. The van der Waals surface area contributed by atoms with Gasteiger partial charge in [0.25, 0.3) is 0 Å². The van der Waals surface area contributed by atoms with Crippen LogP contribution in [0.3, 0.4) is 0 Å². The molecule has 0 amide bonds. The van der Waals surface area contributed by atoms with E-state index in [0.717, 1.165) is 19.3 Å². The number of aliphatic hydroxyl groups excluding tert-OH is 1. The van der Waals surface area contributed by atoms with Gasteiger partial charge in [-0.15, -0.1) is 0 Å². The van der Waals surface area contributed by atoms with Gasteiger partial charge in [-0.1, -0.05) is 43.2 Å². The van der Waals surface area contributed by atoms with Crippen LogP contribution in [0.25, 0.3) is 0 Å². The number of aliphatic hydroxyl groups is 1. The molecular weight excluding hydrogens is 316 g/mol. The van der Waals surface area contributed by atoms with E-state index in [2.05, 4.69) is 47.4 Å². The largest absolute Gasteiger partial charge is 0.484 e. The van der Waals surface area contributed by atoms with Crippen molar-refractivity contribution in [2.24, 2.45) is 0 Å². The smallest absolute Gasteiger partial charge is 0.222 e. The first kappa shape index (κ1) is 19.0. The van der Waals surface area contributed by atoms with Gasteiger partial charge in [-0.3, -0.25) is 0 Å². The number of nitrogens with two attached hydrogens (primary N) is 1. The molecule has 1 aromatic rings. The zero-order valence-corrected chi connectivity index (χ0v) is 15.0. The number of rotatable bonds is 9. The Morgan fingerprint density at radius 3 is 3.00 bits per heavy atom. The highest BCUT2D eigenvalue weighted by Crippen LogP contribution is 2.25. The molecule has 0 bridgehead atoms. The Bertz CT molecular complexity index is 644. The van der Waals surface area contributed by atoms with Crippen molar-refractivity contribution in [2.45, 2.75) is 45.6 Å². The van der Waals surface area contributed by atoms with Gasteiger partial charge in [0.2, 0.25) is 5.95 Å². The second-order valence-corrected chi connectivity index (χ2v) is 6.21. The Morgan fingerprint density at radius 2 is 2.24 bits per heavy atom. The maximum absolute atomic E-state index is 9.24. The number of ether oxygens (including phenoxy) is 1. The molecule has 6 heteroatoms. The fraction of sp³-hybridized carbons (Fsp3) is 0.474. The lowest BCUT2D eigenvalue weighted by Gasteiger charge is -2.20. The van der Waals surface area contributed by atoms with Crippen molar-refractivity contribution in [2.75, 3.05) is 24.3 Å². The average Bonchev–Trinajstić information content (AvgIpc) is 2.79. The first-order valence-electron chi connectivity index (χ1n) is 8.78. The molecular formula is C19H28N4O2. The van der Waals surface area contributed by atoms with Crippen molar-refractivity contribution in [3.63, 3.8) is 0 Å². The third-order valence-electron chi connectivity index (χ3n) is 4.02. The Balaban J connectivity index is 2.07. The molecule has 1 heterocycles. The molecule has 1 unspecified atom stereocenters. The standard InChI is InChI=1S/C19H28N4O2/c1-3-5-16(10-11-24)22-18-17(12-21-19(20)23-18)25-13-15-7-4-6-14(2)8-9-15/h4,6-8,12,16,24H,3,5,9-11,13H2,1-2H3,(H3,20,21,22,23). The minimum Gasteiger partial charge on any atom is -0.484 e. The number of anilines is 2. The van der Waals surface area contributed by atoms with Crippen LogP contribution in [0.15, 0.2) is 41.6 Å². The monoisotopic (exact) mass is 344 g/mol. The summed E-state index contributed by atoms with van der Waals surface area (Å²) in [5.41, 5.74) is 8.15. The minimum atomic E-state index is 0.122. The Morgan fingerprint density at radius 1 is 1.40 bits per heavy atom. The minimum absolute atomic E-state index is 0.122. The summed E-state index contributed by atoms with van der Waals surface area (Å²) in [6, 6.07) is 0.122. The van der Waals surface area contributed by atoms with E-state index < -0.39 is 0 Å². The molecule has 0 fully saturated rings. The fourth-order valence-corrected chi connectivity index (χ4v) is 2.62. The van der Waals surface area contributed by atoms with E-state index >= 15 is 0 Å². The number of nitrogens with zero attached hydrogens (tertiary/aromatic N) is 2. The van der Waals surface area contributed by atoms with Crippen LogP contribution in [0.4, 0.5) is 11.8 Å². The highest BCUT2D eigenvalue weighted by atomic mass is 16.5. The number of nitrogen functional groups attached to an aromatic ring is 1. The second-order valence-electron chi connectivity index (χ2n) is 6.21. The van der Waals surface area contributed by atoms with Crippen molar-refractivity contribution < 1.29 is 9.84 Å². The summed E-state index contributed by atoms with van der Waals surface area (Å²) in [7, 11) is 0. The highest BCUT2D eigenvalue weighted by molar-refractivity contribution is 5.52. The molecule has 1 aliphatic rings. The normalized spacial score (nSPS) is 15.2. The van der Waals surface area contributed by atoms with E-state index in [4.69, 9.17) is 10.5 Å². The van der Waals surface area contributed by atoms with Gasteiger partial charge in [0.15, 0.2) is 11.6 Å². The second kappa shape index (κ2) is 9.84. The molecule has 136 valence electrons. The molecule has 6 nitrogen and oxygen atoms in total. The van der Waals surface area contributed by atoms with E-state index in [9.17, 15) is 5.11 Å². The molecule has 1 aromatic heterocycles. The quantitative estimate of drug-likeness (QED) is 0.637. The Labute approximate surface area is 149 Å². The number of nitrogens with one attached hydrogen (secondary N) is 1. The van der Waals surface area contributed by atoms with Crippen molar-refractivity contribution in [3.8, 4) is 5.75 Å². The maximum atomic E-state index is 9.24. The van der Waals surface area contributed by atoms with E-state index in [1.807, 2.05) is 6.08 Å². The van der Waals surface area contributed by atoms with Gasteiger partial charge in [-0.25, -0.2) is 4.98 Å². The first-order chi connectivity index (χ1) is 12.1. The van der Waals surface area contributed by atoms with Gasteiger partial charge in [-0.2, -0.15) is 4.98 Å². The molecule has 0 spiro atoms. The molecule has 0 radical (unpaired) electrons. The molecule has 1 atom stereocenters. The fourth-order valence-electron chi connectivity index (χ4n) is 2.62. The van der Waals surface area contributed by atoms with Crippen LogP contribution in [0.5, 0.6) is 5.75 Å². The third-order valence-corrected chi connectivity index (χ3v) is 4.02. The molecule has 4 N–H and O–H groups in total. The lowest BCUT2D eigenvalue weighted by molar-refractivity contribution is 0.276. The van der Waals surface area contributed by atoms with E-state index in [1.54, 1.807) is 6.20 Å². The molecule has 0 aromatic carbocycles. The number of allylic oxidation sites excluding steroid dienone is 5. The lowest BCUT2D eigenvalue weighted by atomic mass is 10.1. The van der Waals surface area contributed by atoms with Gasteiger partial charge in [-0.05, 0) is 31.8 Å². The van der Waals surface area contributed by atoms with Crippen molar-refractivity contribution in [3.05, 3.63) is 41.6 Å².